The molecule has 0 spiro atoms. The molecule has 0 aromatic carbocycles. The highest BCUT2D eigenvalue weighted by molar-refractivity contribution is 7.91. The summed E-state index contributed by atoms with van der Waals surface area (Å²) >= 11 is 1.19. The predicted octanol–water partition coefficient (Wildman–Crippen LogP) is 1.62. The summed E-state index contributed by atoms with van der Waals surface area (Å²) in [7, 11) is -1.77. The van der Waals surface area contributed by atoms with Crippen molar-refractivity contribution in [3.63, 3.8) is 0 Å². The standard InChI is InChI=1S/C15H24N2O4S2/c1-21-11-5-8-16-14(18)12-13-6-7-15(22-13)23(19,20)17-9-3-2-4-10-17/h6-7H,2-5,8-12H2,1H3,(H,16,18). The Morgan fingerprint density at radius 2 is 2.04 bits per heavy atom. The molecular formula is C15H24N2O4S2. The minimum absolute atomic E-state index is 0.0927. The molecule has 0 radical (unpaired) electrons. The first kappa shape index (κ1) is 18.4. The lowest BCUT2D eigenvalue weighted by Gasteiger charge is -2.25. The van der Waals surface area contributed by atoms with E-state index in [2.05, 4.69) is 5.32 Å². The van der Waals surface area contributed by atoms with E-state index >= 15 is 0 Å². The van der Waals surface area contributed by atoms with E-state index in [1.165, 1.54) is 11.3 Å². The molecule has 8 heteroatoms. The summed E-state index contributed by atoms with van der Waals surface area (Å²) in [6.07, 6.45) is 3.90. The molecule has 1 aliphatic heterocycles. The highest BCUT2D eigenvalue weighted by atomic mass is 32.2. The summed E-state index contributed by atoms with van der Waals surface area (Å²) in [5.41, 5.74) is 0. The minimum Gasteiger partial charge on any atom is -0.385 e. The molecule has 1 N–H and O–H groups in total. The Labute approximate surface area is 141 Å². The first-order valence-electron chi connectivity index (χ1n) is 7.88. The van der Waals surface area contributed by atoms with Gasteiger partial charge in [0.05, 0.1) is 6.42 Å². The van der Waals surface area contributed by atoms with Gasteiger partial charge in [0.15, 0.2) is 0 Å². The van der Waals surface area contributed by atoms with E-state index in [4.69, 9.17) is 4.74 Å². The Kier molecular flexibility index (Phi) is 7.01. The maximum absolute atomic E-state index is 12.6. The molecule has 0 bridgehead atoms. The van der Waals surface area contributed by atoms with E-state index in [9.17, 15) is 13.2 Å². The lowest BCUT2D eigenvalue weighted by atomic mass is 10.2. The maximum Gasteiger partial charge on any atom is 0.252 e. The fourth-order valence-electron chi connectivity index (χ4n) is 2.49. The van der Waals surface area contributed by atoms with E-state index in [1.807, 2.05) is 0 Å². The van der Waals surface area contributed by atoms with E-state index in [-0.39, 0.29) is 12.3 Å². The number of hydrogen-bond acceptors (Lipinski definition) is 5. The molecule has 23 heavy (non-hydrogen) atoms. The zero-order chi connectivity index (χ0) is 16.7. The van der Waals surface area contributed by atoms with Crippen LogP contribution < -0.4 is 5.32 Å². The number of methoxy groups -OCH3 is 1. The number of sulfonamides is 1. The Balaban J connectivity index is 1.90. The van der Waals surface area contributed by atoms with Crippen molar-refractivity contribution >= 4 is 27.3 Å². The summed E-state index contributed by atoms with van der Waals surface area (Å²) in [6, 6.07) is 3.35. The van der Waals surface area contributed by atoms with Crippen LogP contribution in [-0.4, -0.2) is 52.0 Å². The number of piperidine rings is 1. The van der Waals surface area contributed by atoms with Crippen molar-refractivity contribution in [2.75, 3.05) is 33.4 Å². The Morgan fingerprint density at radius 1 is 1.30 bits per heavy atom. The van der Waals surface area contributed by atoms with Crippen molar-refractivity contribution in [1.82, 2.24) is 9.62 Å². The van der Waals surface area contributed by atoms with Crippen LogP contribution in [0.3, 0.4) is 0 Å². The molecule has 1 aromatic rings. The van der Waals surface area contributed by atoms with Gasteiger partial charge in [-0.25, -0.2) is 8.42 Å². The number of thiophene rings is 1. The molecule has 2 rings (SSSR count). The molecule has 0 aliphatic carbocycles. The molecule has 1 saturated heterocycles. The van der Waals surface area contributed by atoms with Crippen molar-refractivity contribution < 1.29 is 17.9 Å². The molecule has 0 unspecified atom stereocenters. The third kappa shape index (κ3) is 5.27. The largest absolute Gasteiger partial charge is 0.385 e. The number of rotatable bonds is 8. The molecule has 6 nitrogen and oxygen atoms in total. The van der Waals surface area contributed by atoms with Crippen LogP contribution in [0.15, 0.2) is 16.3 Å². The minimum atomic E-state index is -3.40. The Bertz CT molecular complexity index is 607. The number of ether oxygens (including phenoxy) is 1. The van der Waals surface area contributed by atoms with Crippen molar-refractivity contribution in [3.05, 3.63) is 17.0 Å². The lowest BCUT2D eigenvalue weighted by Crippen LogP contribution is -2.35. The van der Waals surface area contributed by atoms with Gasteiger partial charge in [-0.1, -0.05) is 6.42 Å². The van der Waals surface area contributed by atoms with Crippen LogP contribution in [0.2, 0.25) is 0 Å². The van der Waals surface area contributed by atoms with E-state index in [1.54, 1.807) is 23.5 Å². The number of nitrogens with zero attached hydrogens (tertiary/aromatic N) is 1. The third-order valence-corrected chi connectivity index (χ3v) is 7.18. The molecule has 0 saturated carbocycles. The van der Waals surface area contributed by atoms with Gasteiger partial charge in [-0.05, 0) is 31.4 Å². The Hall–Kier alpha value is -0.960. The van der Waals surface area contributed by atoms with Gasteiger partial charge in [-0.2, -0.15) is 4.31 Å². The number of carbonyl (C=O) groups excluding carboxylic acids is 1. The van der Waals surface area contributed by atoms with Crippen LogP contribution in [-0.2, 0) is 26.0 Å². The van der Waals surface area contributed by atoms with Gasteiger partial charge in [0.25, 0.3) is 10.0 Å². The van der Waals surface area contributed by atoms with E-state index in [0.29, 0.717) is 30.5 Å². The molecule has 1 aromatic heterocycles. The average Bonchev–Trinajstić information content (AvgIpc) is 3.02. The second kappa shape index (κ2) is 8.77. The van der Waals surface area contributed by atoms with Gasteiger partial charge in [0.2, 0.25) is 5.91 Å². The van der Waals surface area contributed by atoms with Gasteiger partial charge in [-0.15, -0.1) is 11.3 Å². The zero-order valence-electron chi connectivity index (χ0n) is 13.4. The van der Waals surface area contributed by atoms with Crippen LogP contribution in [0.25, 0.3) is 0 Å². The highest BCUT2D eigenvalue weighted by Crippen LogP contribution is 2.27. The van der Waals surface area contributed by atoms with Crippen LogP contribution >= 0.6 is 11.3 Å². The van der Waals surface area contributed by atoms with Gasteiger partial charge in [0.1, 0.15) is 4.21 Å². The molecule has 0 atom stereocenters. The average molecular weight is 361 g/mol. The van der Waals surface area contributed by atoms with Crippen molar-refractivity contribution in [3.8, 4) is 0 Å². The summed E-state index contributed by atoms with van der Waals surface area (Å²) < 4.78 is 31.9. The number of amides is 1. The van der Waals surface area contributed by atoms with Gasteiger partial charge >= 0.3 is 0 Å². The monoisotopic (exact) mass is 360 g/mol. The van der Waals surface area contributed by atoms with Crippen molar-refractivity contribution in [2.24, 2.45) is 0 Å². The molecular weight excluding hydrogens is 336 g/mol. The lowest BCUT2D eigenvalue weighted by molar-refractivity contribution is -0.120. The van der Waals surface area contributed by atoms with E-state index < -0.39 is 10.0 Å². The zero-order valence-corrected chi connectivity index (χ0v) is 15.0. The third-order valence-electron chi connectivity index (χ3n) is 3.73. The number of hydrogen-bond donors (Lipinski definition) is 1. The summed E-state index contributed by atoms with van der Waals surface area (Å²) in [4.78, 5) is 12.6. The van der Waals surface area contributed by atoms with Crippen LogP contribution in [0.1, 0.15) is 30.6 Å². The van der Waals surface area contributed by atoms with Gasteiger partial charge in [-0.3, -0.25) is 4.79 Å². The van der Waals surface area contributed by atoms with Crippen molar-refractivity contribution in [1.29, 1.82) is 0 Å². The topological polar surface area (TPSA) is 75.7 Å². The fourth-order valence-corrected chi connectivity index (χ4v) is 5.52. The second-order valence-corrected chi connectivity index (χ2v) is 8.89. The van der Waals surface area contributed by atoms with Crippen LogP contribution in [0, 0.1) is 0 Å². The van der Waals surface area contributed by atoms with E-state index in [0.717, 1.165) is 30.6 Å². The molecule has 2 heterocycles. The maximum atomic E-state index is 12.6. The molecule has 1 fully saturated rings. The molecule has 1 amide bonds. The summed E-state index contributed by atoms with van der Waals surface area (Å²) in [5.74, 6) is -0.0927. The first-order valence-corrected chi connectivity index (χ1v) is 10.1. The summed E-state index contributed by atoms with van der Waals surface area (Å²) in [5, 5.41) is 2.81. The molecule has 1 aliphatic rings. The van der Waals surface area contributed by atoms with Crippen LogP contribution in [0.5, 0.6) is 0 Å². The second-order valence-electron chi connectivity index (χ2n) is 5.56. The number of nitrogens with one attached hydrogen (secondary N) is 1. The van der Waals surface area contributed by atoms with Crippen LogP contribution in [0.4, 0.5) is 0 Å². The van der Waals surface area contributed by atoms with Crippen molar-refractivity contribution in [2.45, 2.75) is 36.3 Å². The van der Waals surface area contributed by atoms with Gasteiger partial charge < -0.3 is 10.1 Å². The smallest absolute Gasteiger partial charge is 0.252 e. The SMILES string of the molecule is COCCCNC(=O)Cc1ccc(S(=O)(=O)N2CCCCC2)s1. The predicted molar refractivity (Wildman–Crippen MR) is 90.1 cm³/mol. The highest BCUT2D eigenvalue weighted by Gasteiger charge is 2.27. The summed E-state index contributed by atoms with van der Waals surface area (Å²) in [6.45, 7) is 2.36. The first-order chi connectivity index (χ1) is 11.0. The fraction of sp³-hybridized carbons (Fsp3) is 0.667. The quantitative estimate of drug-likeness (QED) is 0.715. The number of carbonyl (C=O) groups is 1. The van der Waals surface area contributed by atoms with Gasteiger partial charge in [0, 0.05) is 38.2 Å². The normalized spacial score (nSPS) is 16.4. The molecule has 130 valence electrons. The Morgan fingerprint density at radius 3 is 2.74 bits per heavy atom.